The first-order valence-corrected chi connectivity index (χ1v) is 16.7. The van der Waals surface area contributed by atoms with E-state index in [0.29, 0.717) is 0 Å². The standard InChI is InChI=1S/C44H26N6/c1-2-14-28-27(12-1)13-11-17-31(28)43-44(48-37-21-8-7-20-36(37)47-43)50-39-23-10-4-16-30(39)33-24-40-32(25-41(33)50)29-15-3-9-22-38(29)49(40)42-26-45-34-18-5-6-19-35(34)46-42/h1-26H. The molecule has 50 heavy (non-hydrogen) atoms. The second kappa shape index (κ2) is 10.3. The molecule has 0 aliphatic rings. The fourth-order valence-electron chi connectivity index (χ4n) is 7.72. The van der Waals surface area contributed by atoms with Gasteiger partial charge in [-0.05, 0) is 59.3 Å². The Hall–Kier alpha value is -6.92. The molecule has 0 spiro atoms. The van der Waals surface area contributed by atoms with Gasteiger partial charge in [-0.1, -0.05) is 103 Å². The van der Waals surface area contributed by atoms with Gasteiger partial charge in [0.2, 0.25) is 0 Å². The van der Waals surface area contributed by atoms with Gasteiger partial charge in [-0.15, -0.1) is 0 Å². The predicted octanol–water partition coefficient (Wildman–Crippen LogP) is 10.6. The Labute approximate surface area is 285 Å². The molecular weight excluding hydrogens is 613 g/mol. The molecule has 4 aromatic heterocycles. The van der Waals surface area contributed by atoms with Gasteiger partial charge in [-0.25, -0.2) is 15.0 Å². The maximum Gasteiger partial charge on any atom is 0.165 e. The molecule has 0 bridgehead atoms. The minimum Gasteiger partial charge on any atom is -0.292 e. The SMILES string of the molecule is c1ccc2c(-c3nc4ccccc4nc3-n3c4ccccc4c4cc5c(cc43)c3ccccc3n5-c3cnc4ccccc4n3)cccc2c1. The molecule has 0 radical (unpaired) electrons. The lowest BCUT2D eigenvalue weighted by Gasteiger charge is -2.15. The first kappa shape index (κ1) is 27.1. The lowest BCUT2D eigenvalue weighted by Crippen LogP contribution is -2.04. The zero-order valence-electron chi connectivity index (χ0n) is 26.7. The Morgan fingerprint density at radius 2 is 0.920 bits per heavy atom. The molecule has 0 N–H and O–H groups in total. The lowest BCUT2D eigenvalue weighted by atomic mass is 10.0. The van der Waals surface area contributed by atoms with Crippen LogP contribution >= 0.6 is 0 Å². The highest BCUT2D eigenvalue weighted by atomic mass is 15.1. The number of fused-ring (bicyclic) bond motifs is 9. The van der Waals surface area contributed by atoms with E-state index >= 15 is 0 Å². The number of hydrogen-bond acceptors (Lipinski definition) is 4. The normalized spacial score (nSPS) is 12.0. The number of nitrogens with zero attached hydrogens (tertiary/aromatic N) is 6. The van der Waals surface area contributed by atoms with E-state index in [1.807, 2.05) is 54.7 Å². The zero-order chi connectivity index (χ0) is 32.8. The molecule has 0 fully saturated rings. The highest BCUT2D eigenvalue weighted by Crippen LogP contribution is 2.41. The van der Waals surface area contributed by atoms with E-state index in [1.165, 1.54) is 5.39 Å². The van der Waals surface area contributed by atoms with Crippen molar-refractivity contribution in [1.29, 1.82) is 0 Å². The molecule has 11 rings (SSSR count). The van der Waals surface area contributed by atoms with E-state index in [1.54, 1.807) is 0 Å². The summed E-state index contributed by atoms with van der Waals surface area (Å²) in [4.78, 5) is 20.6. The molecule has 6 heteroatoms. The van der Waals surface area contributed by atoms with Crippen molar-refractivity contribution in [2.24, 2.45) is 0 Å². The summed E-state index contributed by atoms with van der Waals surface area (Å²) in [5.74, 6) is 1.59. The molecule has 6 nitrogen and oxygen atoms in total. The van der Waals surface area contributed by atoms with E-state index in [-0.39, 0.29) is 0 Å². The second-order valence-corrected chi connectivity index (χ2v) is 12.7. The molecule has 0 aliphatic heterocycles. The first-order valence-electron chi connectivity index (χ1n) is 16.7. The van der Waals surface area contributed by atoms with E-state index in [4.69, 9.17) is 19.9 Å². The average molecular weight is 639 g/mol. The van der Waals surface area contributed by atoms with E-state index in [2.05, 4.69) is 112 Å². The maximum atomic E-state index is 5.40. The monoisotopic (exact) mass is 638 g/mol. The molecule has 0 amide bonds. The Morgan fingerprint density at radius 3 is 1.66 bits per heavy atom. The maximum absolute atomic E-state index is 5.40. The summed E-state index contributed by atoms with van der Waals surface area (Å²) in [5, 5.41) is 6.86. The van der Waals surface area contributed by atoms with Crippen molar-refractivity contribution in [2.45, 2.75) is 0 Å². The van der Waals surface area contributed by atoms with Crippen LogP contribution in [0.25, 0.3) is 99.3 Å². The molecular formula is C44H26N6. The second-order valence-electron chi connectivity index (χ2n) is 12.7. The van der Waals surface area contributed by atoms with E-state index < -0.39 is 0 Å². The van der Waals surface area contributed by atoms with Crippen LogP contribution in [-0.2, 0) is 0 Å². The number of hydrogen-bond donors (Lipinski definition) is 0. The number of benzene rings is 7. The smallest absolute Gasteiger partial charge is 0.165 e. The van der Waals surface area contributed by atoms with Crippen LogP contribution < -0.4 is 0 Å². The molecule has 11 aromatic rings. The van der Waals surface area contributed by atoms with Crippen LogP contribution in [0, 0.1) is 0 Å². The Balaban J connectivity index is 1.28. The number of aromatic nitrogens is 6. The molecule has 0 atom stereocenters. The van der Waals surface area contributed by atoms with Gasteiger partial charge in [0.05, 0.1) is 50.3 Å². The van der Waals surface area contributed by atoms with Gasteiger partial charge in [0.25, 0.3) is 0 Å². The highest BCUT2D eigenvalue weighted by Gasteiger charge is 2.23. The largest absolute Gasteiger partial charge is 0.292 e. The topological polar surface area (TPSA) is 61.4 Å². The summed E-state index contributed by atoms with van der Waals surface area (Å²) in [6.45, 7) is 0. The third kappa shape index (κ3) is 3.84. The lowest BCUT2D eigenvalue weighted by molar-refractivity contribution is 1.07. The van der Waals surface area contributed by atoms with Crippen LogP contribution in [0.3, 0.4) is 0 Å². The molecule has 0 saturated heterocycles. The Bertz CT molecular complexity index is 3170. The molecule has 0 saturated carbocycles. The van der Waals surface area contributed by atoms with Gasteiger partial charge < -0.3 is 0 Å². The van der Waals surface area contributed by atoms with Crippen molar-refractivity contribution in [3.05, 3.63) is 158 Å². The quantitative estimate of drug-likeness (QED) is 0.193. The van der Waals surface area contributed by atoms with Gasteiger partial charge in [-0.2, -0.15) is 0 Å². The minimum atomic E-state index is 0.789. The Morgan fingerprint density at radius 1 is 0.380 bits per heavy atom. The van der Waals surface area contributed by atoms with Crippen LogP contribution in [-0.4, -0.2) is 29.1 Å². The fraction of sp³-hybridized carbons (Fsp3) is 0. The predicted molar refractivity (Wildman–Crippen MR) is 204 cm³/mol. The van der Waals surface area contributed by atoms with Gasteiger partial charge in [0.15, 0.2) is 11.6 Å². The first-order chi connectivity index (χ1) is 24.8. The molecule has 232 valence electrons. The zero-order valence-corrected chi connectivity index (χ0v) is 26.7. The molecule has 7 aromatic carbocycles. The molecule has 0 aliphatic carbocycles. The Kier molecular flexibility index (Phi) is 5.57. The molecule has 0 unspecified atom stereocenters. The summed E-state index contributed by atoms with van der Waals surface area (Å²) in [6, 6.07) is 52.9. The van der Waals surface area contributed by atoms with E-state index in [0.717, 1.165) is 94.0 Å². The summed E-state index contributed by atoms with van der Waals surface area (Å²) in [5.41, 5.74) is 9.65. The summed E-state index contributed by atoms with van der Waals surface area (Å²) in [6.07, 6.45) is 1.88. The summed E-state index contributed by atoms with van der Waals surface area (Å²) >= 11 is 0. The van der Waals surface area contributed by atoms with Crippen LogP contribution in [0.5, 0.6) is 0 Å². The third-order valence-electron chi connectivity index (χ3n) is 9.94. The van der Waals surface area contributed by atoms with Crippen molar-refractivity contribution < 1.29 is 0 Å². The van der Waals surface area contributed by atoms with Crippen LogP contribution in [0.2, 0.25) is 0 Å². The van der Waals surface area contributed by atoms with Gasteiger partial charge in [0, 0.05) is 27.1 Å². The van der Waals surface area contributed by atoms with Gasteiger partial charge >= 0.3 is 0 Å². The third-order valence-corrected chi connectivity index (χ3v) is 9.94. The van der Waals surface area contributed by atoms with E-state index in [9.17, 15) is 0 Å². The van der Waals surface area contributed by atoms with Crippen molar-refractivity contribution in [3.63, 3.8) is 0 Å². The van der Waals surface area contributed by atoms with Crippen LogP contribution in [0.1, 0.15) is 0 Å². The number of rotatable bonds is 3. The fourth-order valence-corrected chi connectivity index (χ4v) is 7.72. The molecule has 4 heterocycles. The van der Waals surface area contributed by atoms with Crippen molar-refractivity contribution in [2.75, 3.05) is 0 Å². The average Bonchev–Trinajstić information content (AvgIpc) is 3.68. The van der Waals surface area contributed by atoms with Crippen LogP contribution in [0.4, 0.5) is 0 Å². The van der Waals surface area contributed by atoms with Crippen LogP contribution in [0.15, 0.2) is 158 Å². The summed E-state index contributed by atoms with van der Waals surface area (Å²) in [7, 11) is 0. The highest BCUT2D eigenvalue weighted by molar-refractivity contribution is 6.19. The van der Waals surface area contributed by atoms with Crippen molar-refractivity contribution in [1.82, 2.24) is 29.1 Å². The summed E-state index contributed by atoms with van der Waals surface area (Å²) < 4.78 is 4.55. The van der Waals surface area contributed by atoms with Gasteiger partial charge in [0.1, 0.15) is 5.69 Å². The van der Waals surface area contributed by atoms with Crippen molar-refractivity contribution >= 4 is 76.5 Å². The van der Waals surface area contributed by atoms with Crippen molar-refractivity contribution in [3.8, 4) is 22.9 Å². The minimum absolute atomic E-state index is 0.789. The number of para-hydroxylation sites is 6. The van der Waals surface area contributed by atoms with Gasteiger partial charge in [-0.3, -0.25) is 14.1 Å².